The molecule has 0 aromatic heterocycles. The number of nitrogens with one attached hydrogen (secondary N) is 1. The van der Waals surface area contributed by atoms with Gasteiger partial charge in [-0.3, -0.25) is 5.84 Å². The van der Waals surface area contributed by atoms with Crippen LogP contribution >= 0.6 is 11.6 Å². The number of hydrazine groups is 1. The molecule has 0 saturated heterocycles. The van der Waals surface area contributed by atoms with Gasteiger partial charge in [0.15, 0.2) is 11.5 Å². The van der Waals surface area contributed by atoms with Crippen LogP contribution in [0.4, 0.5) is 8.78 Å². The van der Waals surface area contributed by atoms with E-state index in [1.807, 2.05) is 5.43 Å². The Morgan fingerprint density at radius 2 is 1.88 bits per heavy atom. The lowest BCUT2D eigenvalue weighted by molar-refractivity contribution is 0.0496. The van der Waals surface area contributed by atoms with Crippen LogP contribution in [0.1, 0.15) is 11.6 Å². The second-order valence-electron chi connectivity index (χ2n) is 3.26. The molecule has 1 aromatic carbocycles. The summed E-state index contributed by atoms with van der Waals surface area (Å²) in [7, 11) is 2.86. The van der Waals surface area contributed by atoms with Crippen molar-refractivity contribution in [1.29, 1.82) is 0 Å². The van der Waals surface area contributed by atoms with Crippen molar-refractivity contribution in [3.05, 3.63) is 23.8 Å². The molecule has 7 heteroatoms. The van der Waals surface area contributed by atoms with Gasteiger partial charge < -0.3 is 9.47 Å². The summed E-state index contributed by atoms with van der Waals surface area (Å²) in [5.74, 6) is 5.83. The Kier molecular flexibility index (Phi) is 4.50. The first kappa shape index (κ1) is 14.0. The van der Waals surface area contributed by atoms with Gasteiger partial charge in [0, 0.05) is 0 Å². The number of alkyl halides is 3. The van der Waals surface area contributed by atoms with Gasteiger partial charge in [-0.1, -0.05) is 6.07 Å². The molecule has 0 aliphatic rings. The van der Waals surface area contributed by atoms with Crippen LogP contribution < -0.4 is 20.7 Å². The summed E-state index contributed by atoms with van der Waals surface area (Å²) in [4.78, 5) is 0. The first-order valence-electron chi connectivity index (χ1n) is 4.68. The van der Waals surface area contributed by atoms with Crippen molar-refractivity contribution >= 4 is 11.6 Å². The number of nitrogens with two attached hydrogens (primary N) is 1. The van der Waals surface area contributed by atoms with Crippen molar-refractivity contribution in [2.24, 2.45) is 5.84 Å². The fourth-order valence-electron chi connectivity index (χ4n) is 1.41. The molecule has 1 unspecified atom stereocenters. The summed E-state index contributed by atoms with van der Waals surface area (Å²) in [6, 6.07) is 2.81. The first-order valence-corrected chi connectivity index (χ1v) is 5.06. The van der Waals surface area contributed by atoms with Gasteiger partial charge in [0.2, 0.25) is 0 Å². The van der Waals surface area contributed by atoms with Gasteiger partial charge in [0.05, 0.1) is 14.2 Å². The standard InChI is InChI=1S/C10H13ClF2N2O2/c1-16-7-4-3-6(5-8(7)17-2)9(15-14)10(11,12)13/h3-5,9,15H,14H2,1-2H3. The van der Waals surface area contributed by atoms with E-state index in [1.165, 1.54) is 32.4 Å². The Morgan fingerprint density at radius 3 is 2.29 bits per heavy atom. The van der Waals surface area contributed by atoms with E-state index in [2.05, 4.69) is 0 Å². The summed E-state index contributed by atoms with van der Waals surface area (Å²) in [5.41, 5.74) is 2.17. The predicted octanol–water partition coefficient (Wildman–Crippen LogP) is 2.04. The number of halogens is 3. The molecule has 0 spiro atoms. The van der Waals surface area contributed by atoms with E-state index < -0.39 is 11.4 Å². The number of ether oxygens (including phenoxy) is 2. The molecule has 1 atom stereocenters. The van der Waals surface area contributed by atoms with Crippen molar-refractivity contribution in [1.82, 2.24) is 5.43 Å². The zero-order chi connectivity index (χ0) is 13.1. The van der Waals surface area contributed by atoms with E-state index in [-0.39, 0.29) is 5.56 Å². The quantitative estimate of drug-likeness (QED) is 0.486. The molecule has 96 valence electrons. The van der Waals surface area contributed by atoms with Crippen LogP contribution in [0.2, 0.25) is 0 Å². The number of methoxy groups -OCH3 is 2. The number of benzene rings is 1. The van der Waals surface area contributed by atoms with Gasteiger partial charge in [0.1, 0.15) is 6.04 Å². The molecule has 1 rings (SSSR count). The molecule has 0 fully saturated rings. The zero-order valence-corrected chi connectivity index (χ0v) is 10.1. The van der Waals surface area contributed by atoms with Crippen LogP contribution in [0.5, 0.6) is 11.5 Å². The highest BCUT2D eigenvalue weighted by atomic mass is 35.5. The van der Waals surface area contributed by atoms with E-state index in [1.54, 1.807) is 0 Å². The van der Waals surface area contributed by atoms with Crippen LogP contribution in [0, 0.1) is 0 Å². The summed E-state index contributed by atoms with van der Waals surface area (Å²) in [5, 5.41) is -3.51. The normalized spacial score (nSPS) is 13.3. The third-order valence-electron chi connectivity index (χ3n) is 2.23. The molecule has 0 aliphatic heterocycles. The fraction of sp³-hybridized carbons (Fsp3) is 0.400. The topological polar surface area (TPSA) is 56.5 Å². The van der Waals surface area contributed by atoms with Gasteiger partial charge >= 0.3 is 5.38 Å². The third-order valence-corrected chi connectivity index (χ3v) is 2.45. The lowest BCUT2D eigenvalue weighted by Gasteiger charge is -2.21. The van der Waals surface area contributed by atoms with Crippen LogP contribution in [-0.4, -0.2) is 19.6 Å². The van der Waals surface area contributed by atoms with Gasteiger partial charge in [0.25, 0.3) is 0 Å². The Morgan fingerprint density at radius 1 is 1.29 bits per heavy atom. The lowest BCUT2D eigenvalue weighted by atomic mass is 10.1. The highest BCUT2D eigenvalue weighted by Gasteiger charge is 2.38. The minimum absolute atomic E-state index is 0.199. The summed E-state index contributed by atoms with van der Waals surface area (Å²) in [6.45, 7) is 0. The molecule has 1 aromatic rings. The third kappa shape index (κ3) is 3.18. The van der Waals surface area contributed by atoms with Crippen LogP contribution in [-0.2, 0) is 0 Å². The Bertz CT molecular complexity index is 385. The molecule has 0 amide bonds. The van der Waals surface area contributed by atoms with Crippen LogP contribution in [0.25, 0.3) is 0 Å². The van der Waals surface area contributed by atoms with Crippen molar-refractivity contribution in [3.63, 3.8) is 0 Å². The second-order valence-corrected chi connectivity index (χ2v) is 3.76. The van der Waals surface area contributed by atoms with E-state index in [0.29, 0.717) is 11.5 Å². The Hall–Kier alpha value is -1.11. The van der Waals surface area contributed by atoms with Crippen molar-refractivity contribution < 1.29 is 18.3 Å². The minimum Gasteiger partial charge on any atom is -0.493 e. The molecule has 4 nitrogen and oxygen atoms in total. The smallest absolute Gasteiger partial charge is 0.342 e. The molecule has 0 radical (unpaired) electrons. The molecule has 0 aliphatic carbocycles. The highest BCUT2D eigenvalue weighted by molar-refractivity contribution is 6.22. The molecule has 0 heterocycles. The average molecular weight is 267 g/mol. The van der Waals surface area contributed by atoms with E-state index in [9.17, 15) is 8.78 Å². The summed E-state index contributed by atoms with van der Waals surface area (Å²) < 4.78 is 36.1. The summed E-state index contributed by atoms with van der Waals surface area (Å²) >= 11 is 4.96. The second kappa shape index (κ2) is 5.48. The van der Waals surface area contributed by atoms with E-state index >= 15 is 0 Å². The average Bonchev–Trinajstić information content (AvgIpc) is 2.27. The molecular formula is C10H13ClF2N2O2. The zero-order valence-electron chi connectivity index (χ0n) is 9.34. The number of hydrogen-bond acceptors (Lipinski definition) is 4. The minimum atomic E-state index is -3.51. The Labute approximate surface area is 103 Å². The maximum Gasteiger partial charge on any atom is 0.342 e. The van der Waals surface area contributed by atoms with Crippen molar-refractivity contribution in [3.8, 4) is 11.5 Å². The summed E-state index contributed by atoms with van der Waals surface area (Å²) in [6.07, 6.45) is 0. The van der Waals surface area contributed by atoms with Gasteiger partial charge in [-0.2, -0.15) is 8.78 Å². The van der Waals surface area contributed by atoms with Crippen molar-refractivity contribution in [2.75, 3.05) is 14.2 Å². The predicted molar refractivity (Wildman–Crippen MR) is 60.4 cm³/mol. The molecule has 3 N–H and O–H groups in total. The maximum atomic E-state index is 13.0. The lowest BCUT2D eigenvalue weighted by Crippen LogP contribution is -2.37. The highest BCUT2D eigenvalue weighted by Crippen LogP contribution is 2.37. The fourth-order valence-corrected chi connectivity index (χ4v) is 1.60. The SMILES string of the molecule is COc1ccc(C(NN)C(F)(F)Cl)cc1OC. The molecular weight excluding hydrogens is 254 g/mol. The monoisotopic (exact) mass is 266 g/mol. The molecule has 0 bridgehead atoms. The van der Waals surface area contributed by atoms with Crippen LogP contribution in [0.3, 0.4) is 0 Å². The van der Waals surface area contributed by atoms with Crippen molar-refractivity contribution in [2.45, 2.75) is 11.4 Å². The molecule has 17 heavy (non-hydrogen) atoms. The number of rotatable bonds is 5. The largest absolute Gasteiger partial charge is 0.493 e. The van der Waals surface area contributed by atoms with Gasteiger partial charge in [-0.15, -0.1) is 0 Å². The van der Waals surface area contributed by atoms with Gasteiger partial charge in [-0.05, 0) is 29.3 Å². The molecule has 0 saturated carbocycles. The van der Waals surface area contributed by atoms with E-state index in [0.717, 1.165) is 0 Å². The maximum absolute atomic E-state index is 13.0. The first-order chi connectivity index (χ1) is 7.93. The Balaban J connectivity index is 3.14. The van der Waals surface area contributed by atoms with Gasteiger partial charge in [-0.25, -0.2) is 5.43 Å². The number of hydrogen-bond donors (Lipinski definition) is 2. The van der Waals surface area contributed by atoms with E-state index in [4.69, 9.17) is 26.9 Å². The van der Waals surface area contributed by atoms with Crippen LogP contribution in [0.15, 0.2) is 18.2 Å².